The average Bonchev–Trinajstić information content (AvgIpc) is 3.24. The molecule has 0 bridgehead atoms. The van der Waals surface area contributed by atoms with Gasteiger partial charge in [-0.15, -0.1) is 0 Å². The average molecular weight is 421 g/mol. The van der Waals surface area contributed by atoms with Crippen LogP contribution in [0.4, 0.5) is 17.2 Å². The van der Waals surface area contributed by atoms with Crippen molar-refractivity contribution in [1.82, 2.24) is 9.88 Å². The summed E-state index contributed by atoms with van der Waals surface area (Å²) in [7, 11) is 0. The molecule has 3 heterocycles. The number of nitro groups is 1. The van der Waals surface area contributed by atoms with E-state index in [4.69, 9.17) is 0 Å². The molecule has 160 valence electrons. The lowest BCUT2D eigenvalue weighted by Gasteiger charge is -2.34. The van der Waals surface area contributed by atoms with Crippen molar-refractivity contribution in [3.63, 3.8) is 0 Å². The first-order valence-corrected chi connectivity index (χ1v) is 10.2. The number of rotatable bonds is 5. The molecule has 2 fully saturated rings. The fourth-order valence-electron chi connectivity index (χ4n) is 3.79. The molecule has 9 nitrogen and oxygen atoms in total. The number of nitrogens with zero attached hydrogens (tertiary/aromatic N) is 5. The molecule has 0 saturated carbocycles. The number of hydrogen-bond donors (Lipinski definition) is 0. The van der Waals surface area contributed by atoms with Crippen molar-refractivity contribution in [2.24, 2.45) is 0 Å². The first-order valence-electron chi connectivity index (χ1n) is 10.2. The van der Waals surface area contributed by atoms with E-state index in [-0.39, 0.29) is 17.5 Å². The summed E-state index contributed by atoms with van der Waals surface area (Å²) in [6.07, 6.45) is 6.09. The lowest BCUT2D eigenvalue weighted by molar-refractivity contribution is -0.385. The summed E-state index contributed by atoms with van der Waals surface area (Å²) in [5, 5.41) is 10.7. The predicted octanol–water partition coefficient (Wildman–Crippen LogP) is 2.48. The molecule has 31 heavy (non-hydrogen) atoms. The van der Waals surface area contributed by atoms with Crippen LogP contribution in [0.3, 0.4) is 0 Å². The van der Waals surface area contributed by atoms with Crippen LogP contribution < -0.4 is 9.80 Å². The van der Waals surface area contributed by atoms with Gasteiger partial charge in [-0.05, 0) is 36.3 Å². The van der Waals surface area contributed by atoms with Crippen molar-refractivity contribution in [3.8, 4) is 0 Å². The van der Waals surface area contributed by atoms with Crippen LogP contribution in [-0.4, -0.2) is 59.3 Å². The van der Waals surface area contributed by atoms with E-state index < -0.39 is 4.92 Å². The van der Waals surface area contributed by atoms with Crippen LogP contribution in [0.1, 0.15) is 18.4 Å². The van der Waals surface area contributed by atoms with Crippen molar-refractivity contribution >= 4 is 35.1 Å². The Morgan fingerprint density at radius 2 is 1.77 bits per heavy atom. The monoisotopic (exact) mass is 421 g/mol. The number of anilines is 2. The predicted molar refractivity (Wildman–Crippen MR) is 117 cm³/mol. The Morgan fingerprint density at radius 3 is 2.35 bits per heavy atom. The molecule has 1 aromatic carbocycles. The third-order valence-corrected chi connectivity index (χ3v) is 5.55. The Morgan fingerprint density at radius 1 is 1.03 bits per heavy atom. The van der Waals surface area contributed by atoms with Gasteiger partial charge in [-0.2, -0.15) is 0 Å². The summed E-state index contributed by atoms with van der Waals surface area (Å²) in [4.78, 5) is 44.4. The fourth-order valence-corrected chi connectivity index (χ4v) is 3.79. The minimum Gasteiger partial charge on any atom is -0.353 e. The molecule has 0 atom stereocenters. The van der Waals surface area contributed by atoms with Gasteiger partial charge in [0, 0.05) is 57.0 Å². The summed E-state index contributed by atoms with van der Waals surface area (Å²) in [5.41, 5.74) is 1.75. The van der Waals surface area contributed by atoms with Gasteiger partial charge in [0.1, 0.15) is 12.0 Å². The summed E-state index contributed by atoms with van der Waals surface area (Å²) < 4.78 is 0. The van der Waals surface area contributed by atoms with Crippen LogP contribution in [0.25, 0.3) is 6.08 Å². The minimum absolute atomic E-state index is 0.0391. The second-order valence-corrected chi connectivity index (χ2v) is 7.52. The number of aromatic nitrogens is 1. The SMILES string of the molecule is O=C(/C=C/c1ccc(N2CCCC2=O)cc1)N1CCN(c2ccc([N+](=O)[O-])cn2)CC1. The number of hydrogen-bond acceptors (Lipinski definition) is 6. The number of carbonyl (C=O) groups is 2. The van der Waals surface area contributed by atoms with Crippen molar-refractivity contribution in [1.29, 1.82) is 0 Å². The van der Waals surface area contributed by atoms with Crippen LogP contribution in [0.2, 0.25) is 0 Å². The van der Waals surface area contributed by atoms with Gasteiger partial charge >= 0.3 is 0 Å². The van der Waals surface area contributed by atoms with E-state index >= 15 is 0 Å². The van der Waals surface area contributed by atoms with E-state index in [1.165, 1.54) is 12.3 Å². The number of amides is 2. The van der Waals surface area contributed by atoms with E-state index in [1.807, 2.05) is 29.2 Å². The molecular formula is C22H23N5O4. The van der Waals surface area contributed by atoms with Crippen molar-refractivity contribution in [2.45, 2.75) is 12.8 Å². The van der Waals surface area contributed by atoms with Crippen molar-refractivity contribution in [2.75, 3.05) is 42.5 Å². The zero-order valence-corrected chi connectivity index (χ0v) is 17.0. The number of carbonyl (C=O) groups excluding carboxylic acids is 2. The Bertz CT molecular complexity index is 996. The first-order chi connectivity index (χ1) is 15.0. The molecule has 0 N–H and O–H groups in total. The Balaban J connectivity index is 1.30. The smallest absolute Gasteiger partial charge is 0.287 e. The van der Waals surface area contributed by atoms with E-state index in [2.05, 4.69) is 4.98 Å². The third-order valence-electron chi connectivity index (χ3n) is 5.55. The summed E-state index contributed by atoms with van der Waals surface area (Å²) in [6.45, 7) is 3.09. The van der Waals surface area contributed by atoms with Gasteiger partial charge in [0.05, 0.1) is 4.92 Å². The Kier molecular flexibility index (Phi) is 5.92. The molecular weight excluding hydrogens is 398 g/mol. The second-order valence-electron chi connectivity index (χ2n) is 7.52. The van der Waals surface area contributed by atoms with E-state index in [9.17, 15) is 19.7 Å². The van der Waals surface area contributed by atoms with E-state index in [1.54, 1.807) is 28.0 Å². The van der Waals surface area contributed by atoms with Gasteiger partial charge in [0.2, 0.25) is 11.8 Å². The largest absolute Gasteiger partial charge is 0.353 e. The topological polar surface area (TPSA) is 99.9 Å². The molecule has 0 radical (unpaired) electrons. The van der Waals surface area contributed by atoms with Gasteiger partial charge in [-0.25, -0.2) is 4.98 Å². The zero-order chi connectivity index (χ0) is 21.8. The highest BCUT2D eigenvalue weighted by Gasteiger charge is 2.22. The van der Waals surface area contributed by atoms with Crippen LogP contribution in [0.5, 0.6) is 0 Å². The number of pyridine rings is 1. The van der Waals surface area contributed by atoms with E-state index in [0.29, 0.717) is 38.4 Å². The first kappa shape index (κ1) is 20.5. The maximum absolute atomic E-state index is 12.5. The second kappa shape index (κ2) is 8.95. The van der Waals surface area contributed by atoms with Gasteiger partial charge in [0.15, 0.2) is 0 Å². The summed E-state index contributed by atoms with van der Waals surface area (Å²) in [5.74, 6) is 0.765. The summed E-state index contributed by atoms with van der Waals surface area (Å²) in [6, 6.07) is 10.7. The molecule has 4 rings (SSSR count). The standard InChI is InChI=1S/C22H23N5O4/c28-21(10-5-17-3-6-18(7-4-17)26-11-1-2-22(26)29)25-14-12-24(13-15-25)20-9-8-19(16-23-20)27(30)31/h3-10,16H,1-2,11-15H2/b10-5+. The highest BCUT2D eigenvalue weighted by atomic mass is 16.6. The molecule has 2 aromatic rings. The molecule has 0 aliphatic carbocycles. The van der Waals surface area contributed by atoms with Gasteiger partial charge in [0.25, 0.3) is 5.69 Å². The molecule has 2 amide bonds. The van der Waals surface area contributed by atoms with E-state index in [0.717, 1.165) is 24.2 Å². The molecule has 2 aliphatic heterocycles. The minimum atomic E-state index is -0.473. The molecule has 9 heteroatoms. The highest BCUT2D eigenvalue weighted by Crippen LogP contribution is 2.22. The van der Waals surface area contributed by atoms with Crippen LogP contribution in [-0.2, 0) is 9.59 Å². The zero-order valence-electron chi connectivity index (χ0n) is 17.0. The normalized spacial score (nSPS) is 16.9. The Hall–Kier alpha value is -3.75. The molecule has 2 saturated heterocycles. The Labute approximate surface area is 179 Å². The van der Waals surface area contributed by atoms with Crippen molar-refractivity contribution in [3.05, 3.63) is 64.3 Å². The molecule has 0 spiro atoms. The third kappa shape index (κ3) is 4.71. The van der Waals surface area contributed by atoms with Gasteiger partial charge in [-0.3, -0.25) is 19.7 Å². The maximum atomic E-state index is 12.5. The van der Waals surface area contributed by atoms with Gasteiger partial charge < -0.3 is 14.7 Å². The van der Waals surface area contributed by atoms with Gasteiger partial charge in [-0.1, -0.05) is 12.1 Å². The van der Waals surface area contributed by atoms with Crippen LogP contribution >= 0.6 is 0 Å². The lowest BCUT2D eigenvalue weighted by atomic mass is 10.1. The number of benzene rings is 1. The van der Waals surface area contributed by atoms with Crippen LogP contribution in [0.15, 0.2) is 48.7 Å². The molecule has 0 unspecified atom stereocenters. The summed E-state index contributed by atoms with van der Waals surface area (Å²) >= 11 is 0. The maximum Gasteiger partial charge on any atom is 0.287 e. The van der Waals surface area contributed by atoms with Crippen molar-refractivity contribution < 1.29 is 14.5 Å². The fraction of sp³-hybridized carbons (Fsp3) is 0.318. The lowest BCUT2D eigenvalue weighted by Crippen LogP contribution is -2.48. The quantitative estimate of drug-likeness (QED) is 0.418. The highest BCUT2D eigenvalue weighted by molar-refractivity contribution is 5.95. The molecule has 1 aromatic heterocycles. The number of piperazine rings is 1. The van der Waals surface area contributed by atoms with Crippen LogP contribution in [0, 0.1) is 10.1 Å². The molecule has 2 aliphatic rings.